The van der Waals surface area contributed by atoms with Crippen LogP contribution in [0.15, 0.2) is 18.2 Å². The number of benzene rings is 1. The number of ether oxygens (including phenoxy) is 1. The van der Waals surface area contributed by atoms with Gasteiger partial charge in [-0.1, -0.05) is 0 Å². The van der Waals surface area contributed by atoms with Crippen LogP contribution in [0.1, 0.15) is 12.8 Å². The van der Waals surface area contributed by atoms with Gasteiger partial charge in [0.1, 0.15) is 11.6 Å². The molecule has 0 unspecified atom stereocenters. The molecular formula is C11H17FN2O3S. The summed E-state index contributed by atoms with van der Waals surface area (Å²) in [6.07, 6.45) is 1.05. The molecule has 102 valence electrons. The second-order valence-electron chi connectivity index (χ2n) is 3.76. The summed E-state index contributed by atoms with van der Waals surface area (Å²) in [7, 11) is -2.13. The molecule has 5 nitrogen and oxygen atoms in total. The van der Waals surface area contributed by atoms with Crippen molar-refractivity contribution in [3.05, 3.63) is 24.0 Å². The Morgan fingerprint density at radius 2 is 2.11 bits per heavy atom. The number of methoxy groups -OCH3 is 1. The number of nitrogens with one attached hydrogen (secondary N) is 1. The van der Waals surface area contributed by atoms with Crippen molar-refractivity contribution in [3.8, 4) is 5.75 Å². The summed E-state index contributed by atoms with van der Waals surface area (Å²) in [5.74, 6) is -0.338. The fourth-order valence-electron chi connectivity index (χ4n) is 1.36. The van der Waals surface area contributed by atoms with Gasteiger partial charge in [0.2, 0.25) is 10.0 Å². The molecule has 0 saturated heterocycles. The van der Waals surface area contributed by atoms with Gasteiger partial charge in [-0.3, -0.25) is 4.72 Å². The van der Waals surface area contributed by atoms with Gasteiger partial charge in [0.25, 0.3) is 0 Å². The third kappa shape index (κ3) is 4.50. The monoisotopic (exact) mass is 276 g/mol. The average molecular weight is 276 g/mol. The van der Waals surface area contributed by atoms with E-state index in [1.807, 2.05) is 0 Å². The summed E-state index contributed by atoms with van der Waals surface area (Å²) in [5.41, 5.74) is 5.17. The number of sulfonamides is 1. The second-order valence-corrected chi connectivity index (χ2v) is 5.60. The highest BCUT2D eigenvalue weighted by molar-refractivity contribution is 7.92. The maximum absolute atomic E-state index is 13.4. The van der Waals surface area contributed by atoms with Crippen LogP contribution in [0, 0.1) is 5.82 Å². The first-order valence-corrected chi connectivity index (χ1v) is 7.18. The van der Waals surface area contributed by atoms with Crippen LogP contribution >= 0.6 is 0 Å². The summed E-state index contributed by atoms with van der Waals surface area (Å²) < 4.78 is 43.9. The van der Waals surface area contributed by atoms with E-state index < -0.39 is 15.8 Å². The lowest BCUT2D eigenvalue weighted by atomic mass is 10.3. The molecule has 0 amide bonds. The first kappa shape index (κ1) is 14.7. The van der Waals surface area contributed by atoms with Crippen LogP contribution in [-0.4, -0.2) is 27.8 Å². The van der Waals surface area contributed by atoms with E-state index in [1.165, 1.54) is 19.2 Å². The SMILES string of the molecule is COc1ccc(F)c(NS(=O)(=O)CCCCN)c1. The van der Waals surface area contributed by atoms with E-state index in [2.05, 4.69) is 4.72 Å². The van der Waals surface area contributed by atoms with Crippen LogP contribution < -0.4 is 15.2 Å². The van der Waals surface area contributed by atoms with Gasteiger partial charge >= 0.3 is 0 Å². The summed E-state index contributed by atoms with van der Waals surface area (Å²) in [6, 6.07) is 3.87. The fraction of sp³-hybridized carbons (Fsp3) is 0.455. The first-order chi connectivity index (χ1) is 8.48. The van der Waals surface area contributed by atoms with E-state index in [0.717, 1.165) is 6.07 Å². The summed E-state index contributed by atoms with van der Waals surface area (Å²) in [6.45, 7) is 0.434. The van der Waals surface area contributed by atoms with Crippen molar-refractivity contribution >= 4 is 15.7 Å². The third-order valence-electron chi connectivity index (χ3n) is 2.31. The molecule has 0 aromatic heterocycles. The van der Waals surface area contributed by atoms with Gasteiger partial charge in [-0.05, 0) is 31.5 Å². The molecule has 3 N–H and O–H groups in total. The lowest BCUT2D eigenvalue weighted by molar-refractivity contribution is 0.414. The third-order valence-corrected chi connectivity index (χ3v) is 3.66. The van der Waals surface area contributed by atoms with Crippen LogP contribution in [0.3, 0.4) is 0 Å². The molecule has 1 aromatic rings. The summed E-state index contributed by atoms with van der Waals surface area (Å²) >= 11 is 0. The molecule has 1 rings (SSSR count). The number of unbranched alkanes of at least 4 members (excludes halogenated alkanes) is 1. The summed E-state index contributed by atoms with van der Waals surface area (Å²) in [5, 5.41) is 0. The number of halogens is 1. The van der Waals surface area contributed by atoms with Crippen molar-refractivity contribution in [1.82, 2.24) is 0 Å². The molecule has 0 bridgehead atoms. The standard InChI is InChI=1S/C11H17FN2O3S/c1-17-9-4-5-10(12)11(8-9)14-18(15,16)7-3-2-6-13/h4-5,8,14H,2-3,6-7,13H2,1H3. The number of nitrogens with two attached hydrogens (primary N) is 1. The highest BCUT2D eigenvalue weighted by Gasteiger charge is 2.13. The molecule has 0 fully saturated rings. The normalized spacial score (nSPS) is 11.3. The lowest BCUT2D eigenvalue weighted by Crippen LogP contribution is -2.18. The molecule has 0 aliphatic rings. The number of rotatable bonds is 7. The Hall–Kier alpha value is -1.34. The molecule has 0 radical (unpaired) electrons. The predicted molar refractivity (Wildman–Crippen MR) is 68.6 cm³/mol. The average Bonchev–Trinajstić information content (AvgIpc) is 2.32. The van der Waals surface area contributed by atoms with E-state index in [1.54, 1.807) is 0 Å². The Morgan fingerprint density at radius 3 is 2.72 bits per heavy atom. The van der Waals surface area contributed by atoms with Gasteiger partial charge in [-0.15, -0.1) is 0 Å². The Labute approximate surface area is 106 Å². The van der Waals surface area contributed by atoms with Crippen molar-refractivity contribution in [2.45, 2.75) is 12.8 Å². The molecule has 0 aliphatic heterocycles. The maximum Gasteiger partial charge on any atom is 0.232 e. The molecule has 0 heterocycles. The Kier molecular flexibility index (Phi) is 5.36. The Balaban J connectivity index is 2.76. The number of hydrogen-bond acceptors (Lipinski definition) is 4. The maximum atomic E-state index is 13.4. The van der Waals surface area contributed by atoms with Crippen molar-refractivity contribution in [2.24, 2.45) is 5.73 Å². The zero-order valence-electron chi connectivity index (χ0n) is 10.1. The van der Waals surface area contributed by atoms with Crippen molar-refractivity contribution in [1.29, 1.82) is 0 Å². The van der Waals surface area contributed by atoms with Gasteiger partial charge < -0.3 is 10.5 Å². The van der Waals surface area contributed by atoms with Crippen LogP contribution in [-0.2, 0) is 10.0 Å². The molecule has 1 aromatic carbocycles. The van der Waals surface area contributed by atoms with Crippen LogP contribution in [0.2, 0.25) is 0 Å². The molecule has 0 atom stereocenters. The van der Waals surface area contributed by atoms with Gasteiger partial charge in [0.05, 0.1) is 18.6 Å². The topological polar surface area (TPSA) is 81.4 Å². The molecule has 7 heteroatoms. The predicted octanol–water partition coefficient (Wildman–Crippen LogP) is 1.31. The Morgan fingerprint density at radius 1 is 1.39 bits per heavy atom. The largest absolute Gasteiger partial charge is 0.497 e. The quantitative estimate of drug-likeness (QED) is 0.736. The van der Waals surface area contributed by atoms with Crippen molar-refractivity contribution < 1.29 is 17.5 Å². The van der Waals surface area contributed by atoms with E-state index in [-0.39, 0.29) is 11.4 Å². The summed E-state index contributed by atoms with van der Waals surface area (Å²) in [4.78, 5) is 0. The minimum absolute atomic E-state index is 0.0825. The van der Waals surface area contributed by atoms with Gasteiger partial charge in [0, 0.05) is 6.07 Å². The zero-order chi connectivity index (χ0) is 13.6. The van der Waals surface area contributed by atoms with Gasteiger partial charge in [-0.25, -0.2) is 12.8 Å². The van der Waals surface area contributed by atoms with E-state index in [4.69, 9.17) is 10.5 Å². The lowest BCUT2D eigenvalue weighted by Gasteiger charge is -2.10. The second kappa shape index (κ2) is 6.55. The van der Waals surface area contributed by atoms with Crippen LogP contribution in [0.25, 0.3) is 0 Å². The van der Waals surface area contributed by atoms with E-state index in [9.17, 15) is 12.8 Å². The highest BCUT2D eigenvalue weighted by atomic mass is 32.2. The van der Waals surface area contributed by atoms with Crippen LogP contribution in [0.4, 0.5) is 10.1 Å². The van der Waals surface area contributed by atoms with Gasteiger partial charge in [-0.2, -0.15) is 0 Å². The smallest absolute Gasteiger partial charge is 0.232 e. The molecule has 18 heavy (non-hydrogen) atoms. The highest BCUT2D eigenvalue weighted by Crippen LogP contribution is 2.22. The van der Waals surface area contributed by atoms with Gasteiger partial charge in [0.15, 0.2) is 0 Å². The zero-order valence-corrected chi connectivity index (χ0v) is 11.0. The minimum atomic E-state index is -3.56. The van der Waals surface area contributed by atoms with E-state index in [0.29, 0.717) is 25.1 Å². The number of anilines is 1. The molecule has 0 saturated carbocycles. The van der Waals surface area contributed by atoms with Crippen LogP contribution in [0.5, 0.6) is 5.75 Å². The van der Waals surface area contributed by atoms with Crippen molar-refractivity contribution in [2.75, 3.05) is 24.1 Å². The fourth-order valence-corrected chi connectivity index (χ4v) is 2.54. The molecule has 0 spiro atoms. The van der Waals surface area contributed by atoms with Crippen molar-refractivity contribution in [3.63, 3.8) is 0 Å². The molecular weight excluding hydrogens is 259 g/mol. The Bertz CT molecular complexity index is 491. The van der Waals surface area contributed by atoms with E-state index >= 15 is 0 Å². The molecule has 0 aliphatic carbocycles. The number of hydrogen-bond donors (Lipinski definition) is 2. The minimum Gasteiger partial charge on any atom is -0.497 e. The first-order valence-electron chi connectivity index (χ1n) is 5.52.